The summed E-state index contributed by atoms with van der Waals surface area (Å²) in [6.45, 7) is 6.68. The number of hydrogen-bond acceptors (Lipinski definition) is 4. The summed E-state index contributed by atoms with van der Waals surface area (Å²) >= 11 is 1.54. The highest BCUT2D eigenvalue weighted by Gasteiger charge is 2.20. The molecule has 0 fully saturated rings. The number of aryl methyl sites for hydroxylation is 1. The van der Waals surface area contributed by atoms with E-state index in [0.717, 1.165) is 11.3 Å². The van der Waals surface area contributed by atoms with Crippen LogP contribution in [0.3, 0.4) is 0 Å². The quantitative estimate of drug-likeness (QED) is 0.781. The van der Waals surface area contributed by atoms with Gasteiger partial charge in [0, 0.05) is 30.9 Å². The summed E-state index contributed by atoms with van der Waals surface area (Å²) in [4.78, 5) is 38.4. The normalized spacial score (nSPS) is 12.0. The topological polar surface area (TPSA) is 80.2 Å². The van der Waals surface area contributed by atoms with Crippen LogP contribution in [-0.2, 0) is 6.54 Å². The Morgan fingerprint density at radius 2 is 1.81 bits per heavy atom. The number of pyridine rings is 1. The molecule has 2 amide bonds. The Kier molecular flexibility index (Phi) is 6.74. The Bertz CT molecular complexity index is 825. The van der Waals surface area contributed by atoms with Crippen LogP contribution in [0.4, 0.5) is 0 Å². The van der Waals surface area contributed by atoms with E-state index >= 15 is 0 Å². The molecule has 2 rings (SSSR count). The summed E-state index contributed by atoms with van der Waals surface area (Å²) in [5.74, 6) is -0.497. The molecular formula is C19H25N3O3S. The first-order valence-electron chi connectivity index (χ1n) is 8.64. The SMILES string of the molecule is CNC(=O)c1cn(CCC(C)C)cc(C(=O)N[C@H](C)c2cccs2)c1=O. The third kappa shape index (κ3) is 4.82. The minimum atomic E-state index is -0.555. The minimum absolute atomic E-state index is 0.0155. The average molecular weight is 375 g/mol. The fourth-order valence-corrected chi connectivity index (χ4v) is 3.24. The van der Waals surface area contributed by atoms with Gasteiger partial charge in [-0.1, -0.05) is 19.9 Å². The number of aromatic nitrogens is 1. The van der Waals surface area contributed by atoms with Crippen molar-refractivity contribution in [2.75, 3.05) is 7.05 Å². The molecule has 0 spiro atoms. The van der Waals surface area contributed by atoms with Gasteiger partial charge in [-0.05, 0) is 30.7 Å². The maximum absolute atomic E-state index is 12.7. The van der Waals surface area contributed by atoms with Crippen LogP contribution in [0.15, 0.2) is 34.7 Å². The van der Waals surface area contributed by atoms with Crippen molar-refractivity contribution < 1.29 is 9.59 Å². The first kappa shape index (κ1) is 19.9. The van der Waals surface area contributed by atoms with Gasteiger partial charge in [-0.3, -0.25) is 14.4 Å². The molecule has 0 bridgehead atoms. The van der Waals surface area contributed by atoms with E-state index in [1.807, 2.05) is 24.4 Å². The van der Waals surface area contributed by atoms with Crippen LogP contribution in [0.2, 0.25) is 0 Å². The van der Waals surface area contributed by atoms with E-state index < -0.39 is 17.2 Å². The van der Waals surface area contributed by atoms with Crippen molar-refractivity contribution in [1.29, 1.82) is 0 Å². The van der Waals surface area contributed by atoms with E-state index in [1.54, 1.807) is 4.57 Å². The van der Waals surface area contributed by atoms with Gasteiger partial charge in [-0.25, -0.2) is 0 Å². The number of rotatable bonds is 7. The first-order valence-corrected chi connectivity index (χ1v) is 9.51. The lowest BCUT2D eigenvalue weighted by Crippen LogP contribution is -2.35. The Labute approximate surface area is 157 Å². The molecule has 2 heterocycles. The lowest BCUT2D eigenvalue weighted by molar-refractivity contribution is 0.0938. The van der Waals surface area contributed by atoms with Crippen LogP contribution in [0.5, 0.6) is 0 Å². The van der Waals surface area contributed by atoms with Crippen molar-refractivity contribution >= 4 is 23.2 Å². The number of carbonyl (C=O) groups excluding carboxylic acids is 2. The number of thiophene rings is 1. The number of nitrogens with one attached hydrogen (secondary N) is 2. The zero-order chi connectivity index (χ0) is 19.3. The van der Waals surface area contributed by atoms with Crippen molar-refractivity contribution in [2.45, 2.75) is 39.8 Å². The molecule has 26 heavy (non-hydrogen) atoms. The molecule has 0 aliphatic rings. The molecule has 2 aromatic heterocycles. The van der Waals surface area contributed by atoms with E-state index in [-0.39, 0.29) is 17.2 Å². The van der Waals surface area contributed by atoms with Gasteiger partial charge in [0.1, 0.15) is 11.1 Å². The van der Waals surface area contributed by atoms with Gasteiger partial charge in [0.05, 0.1) is 6.04 Å². The summed E-state index contributed by atoms with van der Waals surface area (Å²) in [6, 6.07) is 3.63. The van der Waals surface area contributed by atoms with Crippen LogP contribution in [-0.4, -0.2) is 23.4 Å². The smallest absolute Gasteiger partial charge is 0.257 e. The largest absolute Gasteiger partial charge is 0.355 e. The van der Waals surface area contributed by atoms with E-state index in [1.165, 1.54) is 30.8 Å². The molecule has 0 radical (unpaired) electrons. The summed E-state index contributed by atoms with van der Waals surface area (Å²) < 4.78 is 1.75. The molecule has 0 aromatic carbocycles. The van der Waals surface area contributed by atoms with Gasteiger partial charge >= 0.3 is 0 Å². The highest BCUT2D eigenvalue weighted by Crippen LogP contribution is 2.18. The van der Waals surface area contributed by atoms with Crippen LogP contribution in [0.1, 0.15) is 58.8 Å². The maximum atomic E-state index is 12.7. The predicted molar refractivity (Wildman–Crippen MR) is 104 cm³/mol. The van der Waals surface area contributed by atoms with Crippen molar-refractivity contribution in [3.8, 4) is 0 Å². The van der Waals surface area contributed by atoms with E-state index in [2.05, 4.69) is 24.5 Å². The van der Waals surface area contributed by atoms with Gasteiger partial charge in [-0.15, -0.1) is 11.3 Å². The highest BCUT2D eigenvalue weighted by atomic mass is 32.1. The number of carbonyl (C=O) groups is 2. The average Bonchev–Trinajstić information content (AvgIpc) is 3.14. The van der Waals surface area contributed by atoms with Gasteiger partial charge in [0.25, 0.3) is 11.8 Å². The Hall–Kier alpha value is -2.41. The second-order valence-electron chi connectivity index (χ2n) is 6.62. The molecule has 0 saturated heterocycles. The molecular weight excluding hydrogens is 350 g/mol. The second-order valence-corrected chi connectivity index (χ2v) is 7.60. The molecule has 140 valence electrons. The molecule has 2 aromatic rings. The lowest BCUT2D eigenvalue weighted by Gasteiger charge is -2.15. The van der Waals surface area contributed by atoms with E-state index in [4.69, 9.17) is 0 Å². The van der Waals surface area contributed by atoms with Crippen LogP contribution < -0.4 is 16.1 Å². The fraction of sp³-hybridized carbons (Fsp3) is 0.421. The third-order valence-corrected chi connectivity index (χ3v) is 5.13. The fourth-order valence-electron chi connectivity index (χ4n) is 2.51. The second kappa shape index (κ2) is 8.80. The predicted octanol–water partition coefficient (Wildman–Crippen LogP) is 2.81. The molecule has 0 aliphatic carbocycles. The number of amides is 2. The first-order chi connectivity index (χ1) is 12.3. The van der Waals surface area contributed by atoms with Gasteiger partial charge in [0.2, 0.25) is 5.43 Å². The molecule has 7 heteroatoms. The van der Waals surface area contributed by atoms with Crippen molar-refractivity contribution in [1.82, 2.24) is 15.2 Å². The Morgan fingerprint density at radius 1 is 1.15 bits per heavy atom. The molecule has 1 atom stereocenters. The molecule has 0 unspecified atom stereocenters. The van der Waals surface area contributed by atoms with Crippen molar-refractivity contribution in [2.24, 2.45) is 5.92 Å². The summed E-state index contributed by atoms with van der Waals surface area (Å²) in [5.41, 5.74) is -0.591. The Morgan fingerprint density at radius 3 is 2.35 bits per heavy atom. The van der Waals surface area contributed by atoms with Crippen LogP contribution in [0.25, 0.3) is 0 Å². The summed E-state index contributed by atoms with van der Waals surface area (Å²) in [7, 11) is 1.46. The van der Waals surface area contributed by atoms with Crippen molar-refractivity contribution in [3.63, 3.8) is 0 Å². The highest BCUT2D eigenvalue weighted by molar-refractivity contribution is 7.10. The van der Waals surface area contributed by atoms with Crippen LogP contribution in [0, 0.1) is 5.92 Å². The monoisotopic (exact) mass is 375 g/mol. The number of nitrogens with zero attached hydrogens (tertiary/aromatic N) is 1. The molecule has 0 aliphatic heterocycles. The number of hydrogen-bond donors (Lipinski definition) is 2. The molecule has 0 saturated carbocycles. The Balaban J connectivity index is 2.35. The van der Waals surface area contributed by atoms with Gasteiger partial charge < -0.3 is 15.2 Å². The summed E-state index contributed by atoms with van der Waals surface area (Å²) in [6.07, 6.45) is 3.93. The zero-order valence-electron chi connectivity index (χ0n) is 15.5. The van der Waals surface area contributed by atoms with E-state index in [9.17, 15) is 14.4 Å². The maximum Gasteiger partial charge on any atom is 0.257 e. The lowest BCUT2D eigenvalue weighted by atomic mass is 10.1. The summed E-state index contributed by atoms with van der Waals surface area (Å²) in [5, 5.41) is 7.24. The van der Waals surface area contributed by atoms with Crippen molar-refractivity contribution in [3.05, 3.63) is 56.1 Å². The van der Waals surface area contributed by atoms with Gasteiger partial charge in [-0.2, -0.15) is 0 Å². The van der Waals surface area contributed by atoms with E-state index in [0.29, 0.717) is 12.5 Å². The standard InChI is InChI=1S/C19H25N3O3S/c1-12(2)7-8-22-10-14(18(24)20-4)17(23)15(11-22)19(25)21-13(3)16-6-5-9-26-16/h5-6,9-13H,7-8H2,1-4H3,(H,20,24)(H,21,25)/t13-/m1/s1. The van der Waals surface area contributed by atoms with Gasteiger partial charge in [0.15, 0.2) is 0 Å². The zero-order valence-corrected chi connectivity index (χ0v) is 16.4. The third-order valence-electron chi connectivity index (χ3n) is 4.08. The van der Waals surface area contributed by atoms with Crippen LogP contribution >= 0.6 is 11.3 Å². The molecule has 2 N–H and O–H groups in total. The minimum Gasteiger partial charge on any atom is -0.355 e. The molecule has 6 nitrogen and oxygen atoms in total.